The van der Waals surface area contributed by atoms with Crippen molar-refractivity contribution < 1.29 is 18.8 Å². The van der Waals surface area contributed by atoms with Crippen LogP contribution < -0.4 is 10.1 Å². The second-order valence-electron chi connectivity index (χ2n) is 6.84. The summed E-state index contributed by atoms with van der Waals surface area (Å²) in [6.07, 6.45) is 1.62. The molecule has 1 aliphatic rings. The van der Waals surface area contributed by atoms with E-state index < -0.39 is 0 Å². The zero-order chi connectivity index (χ0) is 20.1. The molecule has 3 heterocycles. The van der Waals surface area contributed by atoms with E-state index in [0.717, 1.165) is 29.7 Å². The molecule has 0 spiro atoms. The summed E-state index contributed by atoms with van der Waals surface area (Å²) in [6.45, 7) is 3.41. The Morgan fingerprint density at radius 3 is 2.66 bits per heavy atom. The molecular weight excluding hydrogens is 372 g/mol. The summed E-state index contributed by atoms with van der Waals surface area (Å²) >= 11 is 0. The van der Waals surface area contributed by atoms with Crippen LogP contribution in [0.2, 0.25) is 0 Å². The molecule has 0 unspecified atom stereocenters. The van der Waals surface area contributed by atoms with Crippen LogP contribution in [0.15, 0.2) is 47.0 Å². The summed E-state index contributed by atoms with van der Waals surface area (Å²) in [4.78, 5) is 12.3. The molecule has 8 heteroatoms. The lowest BCUT2D eigenvalue weighted by Crippen LogP contribution is -2.39. The number of nitrogens with zero attached hydrogens (tertiary/aromatic N) is 3. The molecule has 1 fully saturated rings. The van der Waals surface area contributed by atoms with Gasteiger partial charge in [-0.15, -0.1) is 10.2 Å². The minimum Gasteiger partial charge on any atom is -0.472 e. The van der Waals surface area contributed by atoms with Crippen LogP contribution >= 0.6 is 0 Å². The molecule has 1 aliphatic heterocycles. The summed E-state index contributed by atoms with van der Waals surface area (Å²) < 4.78 is 16.4. The highest BCUT2D eigenvalue weighted by Gasteiger charge is 2.19. The topological polar surface area (TPSA) is 99.4 Å². The van der Waals surface area contributed by atoms with Crippen molar-refractivity contribution in [1.82, 2.24) is 20.7 Å². The van der Waals surface area contributed by atoms with Crippen LogP contribution in [0.5, 0.6) is 5.88 Å². The largest absolute Gasteiger partial charge is 0.472 e. The van der Waals surface area contributed by atoms with Crippen LogP contribution in [0.25, 0.3) is 11.3 Å². The number of amides is 1. The Kier molecular flexibility index (Phi) is 5.81. The Balaban J connectivity index is 1.39. The lowest BCUT2D eigenvalue weighted by Gasteiger charge is -2.22. The number of rotatable bonds is 6. The van der Waals surface area contributed by atoms with Crippen molar-refractivity contribution >= 4 is 5.91 Å². The lowest BCUT2D eigenvalue weighted by atomic mass is 10.1. The first kappa shape index (κ1) is 19.1. The summed E-state index contributed by atoms with van der Waals surface area (Å²) in [5.74, 6) is 0.772. The van der Waals surface area contributed by atoms with E-state index in [1.165, 1.54) is 0 Å². The van der Waals surface area contributed by atoms with Crippen molar-refractivity contribution in [3.05, 3.63) is 59.5 Å². The highest BCUT2D eigenvalue weighted by Crippen LogP contribution is 2.26. The molecule has 4 rings (SSSR count). The third-order valence-electron chi connectivity index (χ3n) is 4.83. The SMILES string of the molecule is Cc1onc(-c2ccccc2)c1COc1ccc(C(=O)NC2CCOCC2)nn1. The minimum absolute atomic E-state index is 0.113. The van der Waals surface area contributed by atoms with Crippen LogP contribution in [-0.2, 0) is 11.3 Å². The molecule has 150 valence electrons. The number of ether oxygens (including phenoxy) is 2. The molecule has 2 aromatic heterocycles. The van der Waals surface area contributed by atoms with Gasteiger partial charge in [-0.3, -0.25) is 4.79 Å². The summed E-state index contributed by atoms with van der Waals surface area (Å²) in [5.41, 5.74) is 2.80. The highest BCUT2D eigenvalue weighted by atomic mass is 16.5. The Labute approximate surface area is 168 Å². The van der Waals surface area contributed by atoms with Crippen molar-refractivity contribution in [2.75, 3.05) is 13.2 Å². The number of carbonyl (C=O) groups excluding carboxylic acids is 1. The first-order valence-corrected chi connectivity index (χ1v) is 9.56. The van der Waals surface area contributed by atoms with Gasteiger partial charge in [0.05, 0.1) is 5.56 Å². The Morgan fingerprint density at radius 1 is 1.14 bits per heavy atom. The number of hydrogen-bond acceptors (Lipinski definition) is 7. The Bertz CT molecular complexity index is 951. The average molecular weight is 394 g/mol. The van der Waals surface area contributed by atoms with E-state index in [-0.39, 0.29) is 24.2 Å². The fourth-order valence-electron chi connectivity index (χ4n) is 3.15. The minimum atomic E-state index is -0.239. The van der Waals surface area contributed by atoms with Gasteiger partial charge in [-0.25, -0.2) is 0 Å². The Morgan fingerprint density at radius 2 is 1.93 bits per heavy atom. The molecule has 1 N–H and O–H groups in total. The molecule has 3 aromatic rings. The van der Waals surface area contributed by atoms with Crippen molar-refractivity contribution in [1.29, 1.82) is 0 Å². The number of benzene rings is 1. The normalized spacial score (nSPS) is 14.5. The quantitative estimate of drug-likeness (QED) is 0.686. The molecule has 8 nitrogen and oxygen atoms in total. The summed E-state index contributed by atoms with van der Waals surface area (Å²) in [6, 6.07) is 13.1. The first-order valence-electron chi connectivity index (χ1n) is 9.56. The van der Waals surface area contributed by atoms with Crippen LogP contribution in [0.4, 0.5) is 0 Å². The predicted molar refractivity (Wildman–Crippen MR) is 104 cm³/mol. The zero-order valence-corrected chi connectivity index (χ0v) is 16.1. The molecule has 1 amide bonds. The number of nitrogens with one attached hydrogen (secondary N) is 1. The zero-order valence-electron chi connectivity index (χ0n) is 16.1. The van der Waals surface area contributed by atoms with E-state index in [2.05, 4.69) is 20.7 Å². The van der Waals surface area contributed by atoms with E-state index in [4.69, 9.17) is 14.0 Å². The number of aryl methyl sites for hydroxylation is 1. The maximum absolute atomic E-state index is 12.3. The molecule has 0 aliphatic carbocycles. The predicted octanol–water partition coefficient (Wildman–Crippen LogP) is 2.93. The highest BCUT2D eigenvalue weighted by molar-refractivity contribution is 5.92. The molecule has 1 aromatic carbocycles. The molecule has 1 saturated heterocycles. The molecule has 0 saturated carbocycles. The molecule has 29 heavy (non-hydrogen) atoms. The van der Waals surface area contributed by atoms with Crippen LogP contribution in [0, 0.1) is 6.92 Å². The number of aromatic nitrogens is 3. The maximum Gasteiger partial charge on any atom is 0.272 e. The average Bonchev–Trinajstić information content (AvgIpc) is 3.14. The fraction of sp³-hybridized carbons (Fsp3) is 0.333. The van der Waals surface area contributed by atoms with E-state index >= 15 is 0 Å². The van der Waals surface area contributed by atoms with E-state index in [9.17, 15) is 4.79 Å². The number of hydrogen-bond donors (Lipinski definition) is 1. The van der Waals surface area contributed by atoms with Crippen LogP contribution in [0.1, 0.15) is 34.7 Å². The van der Waals surface area contributed by atoms with Gasteiger partial charge in [0.25, 0.3) is 5.91 Å². The van der Waals surface area contributed by atoms with Gasteiger partial charge in [0.15, 0.2) is 5.69 Å². The van der Waals surface area contributed by atoms with E-state index in [1.807, 2.05) is 37.3 Å². The van der Waals surface area contributed by atoms with Crippen LogP contribution in [-0.4, -0.2) is 40.5 Å². The lowest BCUT2D eigenvalue weighted by molar-refractivity contribution is 0.0693. The van der Waals surface area contributed by atoms with Gasteiger partial charge in [0.2, 0.25) is 5.88 Å². The van der Waals surface area contributed by atoms with Gasteiger partial charge < -0.3 is 19.3 Å². The summed E-state index contributed by atoms with van der Waals surface area (Å²) in [7, 11) is 0. The standard InChI is InChI=1S/C21H22N4O4/c1-14-17(20(25-29-14)15-5-3-2-4-6-15)13-28-19-8-7-18(23-24-19)21(26)22-16-9-11-27-12-10-16/h2-8,16H,9-13H2,1H3,(H,22,26). The Hall–Kier alpha value is -3.26. The monoisotopic (exact) mass is 394 g/mol. The van der Waals surface area contributed by atoms with Gasteiger partial charge in [-0.1, -0.05) is 35.5 Å². The van der Waals surface area contributed by atoms with Crippen LogP contribution in [0.3, 0.4) is 0 Å². The second kappa shape index (κ2) is 8.83. The maximum atomic E-state index is 12.3. The molecular formula is C21H22N4O4. The molecule has 0 radical (unpaired) electrons. The molecule has 0 atom stereocenters. The van der Waals surface area contributed by atoms with Crippen molar-refractivity contribution in [3.8, 4) is 17.1 Å². The number of carbonyl (C=O) groups is 1. The van der Waals surface area contributed by atoms with Gasteiger partial charge >= 0.3 is 0 Å². The third kappa shape index (κ3) is 4.60. The van der Waals surface area contributed by atoms with E-state index in [0.29, 0.717) is 24.9 Å². The smallest absolute Gasteiger partial charge is 0.272 e. The van der Waals surface area contributed by atoms with Crippen molar-refractivity contribution in [2.24, 2.45) is 0 Å². The third-order valence-corrected chi connectivity index (χ3v) is 4.83. The van der Waals surface area contributed by atoms with Crippen molar-refractivity contribution in [2.45, 2.75) is 32.4 Å². The first-order chi connectivity index (χ1) is 14.2. The van der Waals surface area contributed by atoms with Crippen molar-refractivity contribution in [3.63, 3.8) is 0 Å². The van der Waals surface area contributed by atoms with Gasteiger partial charge in [-0.05, 0) is 25.8 Å². The molecule has 0 bridgehead atoms. The fourth-order valence-corrected chi connectivity index (χ4v) is 3.15. The second-order valence-corrected chi connectivity index (χ2v) is 6.84. The van der Waals surface area contributed by atoms with Gasteiger partial charge in [-0.2, -0.15) is 0 Å². The summed E-state index contributed by atoms with van der Waals surface area (Å²) in [5, 5.41) is 15.1. The van der Waals surface area contributed by atoms with E-state index in [1.54, 1.807) is 12.1 Å². The van der Waals surface area contributed by atoms with Gasteiger partial charge in [0.1, 0.15) is 18.1 Å². The van der Waals surface area contributed by atoms with Gasteiger partial charge in [0, 0.05) is 30.9 Å².